The highest BCUT2D eigenvalue weighted by Crippen LogP contribution is 2.29. The highest BCUT2D eigenvalue weighted by Gasteiger charge is 2.35. The zero-order chi connectivity index (χ0) is 23.8. The van der Waals surface area contributed by atoms with Gasteiger partial charge in [-0.15, -0.1) is 11.3 Å². The van der Waals surface area contributed by atoms with Crippen LogP contribution in [0.4, 0.5) is 15.9 Å². The number of carbonyl (C=O) groups is 2. The summed E-state index contributed by atoms with van der Waals surface area (Å²) in [5.74, 6) is -1.12. The van der Waals surface area contributed by atoms with Gasteiger partial charge in [0.15, 0.2) is 0 Å². The van der Waals surface area contributed by atoms with Crippen molar-refractivity contribution in [2.45, 2.75) is 13.3 Å². The molecule has 9 nitrogen and oxygen atoms in total. The zero-order valence-electron chi connectivity index (χ0n) is 18.0. The Morgan fingerprint density at radius 1 is 1.21 bits per heavy atom. The fourth-order valence-electron chi connectivity index (χ4n) is 3.82. The third kappa shape index (κ3) is 4.25. The molecule has 1 aliphatic rings. The van der Waals surface area contributed by atoms with Crippen LogP contribution in [0.5, 0.6) is 0 Å². The lowest BCUT2D eigenvalue weighted by Gasteiger charge is -2.16. The number of aromatic amines is 1. The fourth-order valence-corrected chi connectivity index (χ4v) is 4.50. The first-order chi connectivity index (χ1) is 16.4. The van der Waals surface area contributed by atoms with Crippen molar-refractivity contribution in [1.82, 2.24) is 19.7 Å². The number of hydrogen-bond donors (Lipinski definition) is 2. The fraction of sp³-hybridized carbons (Fsp3) is 0.174. The summed E-state index contributed by atoms with van der Waals surface area (Å²) in [5, 5.41) is 9.29. The first kappa shape index (κ1) is 21.7. The Kier molecular flexibility index (Phi) is 5.54. The molecule has 0 radical (unpaired) electrons. The van der Waals surface area contributed by atoms with Crippen LogP contribution in [0.1, 0.15) is 12.1 Å². The molecule has 1 atom stereocenters. The second-order valence-electron chi connectivity index (χ2n) is 7.89. The van der Waals surface area contributed by atoms with E-state index < -0.39 is 11.7 Å². The Morgan fingerprint density at radius 3 is 2.71 bits per heavy atom. The summed E-state index contributed by atoms with van der Waals surface area (Å²) in [4.78, 5) is 47.0. The number of hydrogen-bond acceptors (Lipinski definition) is 6. The number of rotatable bonds is 5. The molecule has 34 heavy (non-hydrogen) atoms. The number of anilines is 2. The largest absolute Gasteiger partial charge is 0.312 e. The number of benzene rings is 1. The van der Waals surface area contributed by atoms with Crippen molar-refractivity contribution in [3.8, 4) is 16.5 Å². The topological polar surface area (TPSA) is 113 Å². The highest BCUT2D eigenvalue weighted by atomic mass is 32.1. The third-order valence-corrected chi connectivity index (χ3v) is 6.32. The van der Waals surface area contributed by atoms with Gasteiger partial charge in [-0.3, -0.25) is 19.4 Å². The summed E-state index contributed by atoms with van der Waals surface area (Å²) in [6.45, 7) is 1.86. The van der Waals surface area contributed by atoms with Crippen LogP contribution in [-0.2, 0) is 9.59 Å². The summed E-state index contributed by atoms with van der Waals surface area (Å²) < 4.78 is 14.6. The molecule has 1 saturated heterocycles. The molecule has 0 bridgehead atoms. The average molecular weight is 479 g/mol. The maximum absolute atomic E-state index is 13.2. The molecule has 1 aliphatic heterocycles. The molecule has 11 heteroatoms. The minimum Gasteiger partial charge on any atom is -0.312 e. The summed E-state index contributed by atoms with van der Waals surface area (Å²) in [6, 6.07) is 12.4. The van der Waals surface area contributed by atoms with Crippen LogP contribution < -0.4 is 15.8 Å². The van der Waals surface area contributed by atoms with E-state index in [1.54, 1.807) is 13.0 Å². The Bertz CT molecular complexity index is 1430. The van der Waals surface area contributed by atoms with Gasteiger partial charge in [0.2, 0.25) is 17.8 Å². The van der Waals surface area contributed by atoms with E-state index in [1.807, 2.05) is 17.5 Å². The van der Waals surface area contributed by atoms with E-state index in [9.17, 15) is 18.8 Å². The normalized spacial score (nSPS) is 15.6. The number of H-pyrrole nitrogens is 1. The van der Waals surface area contributed by atoms with Gasteiger partial charge in [-0.2, -0.15) is 9.78 Å². The van der Waals surface area contributed by atoms with Gasteiger partial charge in [0.05, 0.1) is 10.8 Å². The van der Waals surface area contributed by atoms with Crippen LogP contribution in [0.15, 0.2) is 58.7 Å². The highest BCUT2D eigenvalue weighted by molar-refractivity contribution is 7.13. The molecule has 1 fully saturated rings. The molecule has 0 saturated carbocycles. The van der Waals surface area contributed by atoms with Crippen LogP contribution in [0.25, 0.3) is 16.5 Å². The molecule has 0 aliphatic carbocycles. The minimum absolute atomic E-state index is 0.0225. The maximum atomic E-state index is 13.2. The number of carbonyl (C=O) groups excluding carboxylic acids is 2. The van der Waals surface area contributed by atoms with Crippen molar-refractivity contribution in [2.75, 3.05) is 16.8 Å². The van der Waals surface area contributed by atoms with E-state index in [0.29, 0.717) is 22.9 Å². The summed E-state index contributed by atoms with van der Waals surface area (Å²) >= 11 is 1.48. The number of amides is 2. The standard InChI is InChI=1S/C23H19FN6O3S/c1-13-9-20(31)27-23(25-13)30-19(11-17(28-30)18-3-2-8-34-18)26-22(33)14-10-21(32)29(12-14)16-6-4-15(24)5-7-16/h2-9,11,14H,10,12H2,1H3,(H,26,33)(H,25,27,31). The quantitative estimate of drug-likeness (QED) is 0.458. The van der Waals surface area contributed by atoms with Crippen molar-refractivity contribution in [1.29, 1.82) is 0 Å². The second kappa shape index (κ2) is 8.67. The molecule has 2 amide bonds. The van der Waals surface area contributed by atoms with Crippen molar-refractivity contribution < 1.29 is 14.0 Å². The molecular weight excluding hydrogens is 459 g/mol. The van der Waals surface area contributed by atoms with Crippen LogP contribution in [0.2, 0.25) is 0 Å². The lowest BCUT2D eigenvalue weighted by atomic mass is 10.1. The third-order valence-electron chi connectivity index (χ3n) is 5.43. The maximum Gasteiger partial charge on any atom is 0.252 e. The van der Waals surface area contributed by atoms with Gasteiger partial charge in [-0.1, -0.05) is 6.07 Å². The molecule has 1 unspecified atom stereocenters. The van der Waals surface area contributed by atoms with Gasteiger partial charge in [-0.25, -0.2) is 9.37 Å². The molecule has 4 aromatic rings. The number of nitrogens with zero attached hydrogens (tertiary/aromatic N) is 4. The molecule has 4 heterocycles. The van der Waals surface area contributed by atoms with E-state index in [-0.39, 0.29) is 36.3 Å². The van der Waals surface area contributed by atoms with Crippen LogP contribution in [0, 0.1) is 18.7 Å². The Morgan fingerprint density at radius 2 is 2.00 bits per heavy atom. The molecule has 2 N–H and O–H groups in total. The van der Waals surface area contributed by atoms with Gasteiger partial charge in [-0.05, 0) is 42.6 Å². The lowest BCUT2D eigenvalue weighted by Crippen LogP contribution is -2.28. The molecule has 3 aromatic heterocycles. The van der Waals surface area contributed by atoms with Gasteiger partial charge in [0, 0.05) is 36.5 Å². The summed E-state index contributed by atoms with van der Waals surface area (Å²) in [6.07, 6.45) is 0.0225. The van der Waals surface area contributed by atoms with Crippen LogP contribution in [-0.4, -0.2) is 38.1 Å². The predicted molar refractivity (Wildman–Crippen MR) is 126 cm³/mol. The van der Waals surface area contributed by atoms with E-state index >= 15 is 0 Å². The number of aryl methyl sites for hydroxylation is 1. The Balaban J connectivity index is 1.43. The number of nitrogens with one attached hydrogen (secondary N) is 2. The first-order valence-corrected chi connectivity index (χ1v) is 11.3. The van der Waals surface area contributed by atoms with E-state index in [0.717, 1.165) is 4.88 Å². The average Bonchev–Trinajstić information content (AvgIpc) is 3.53. The van der Waals surface area contributed by atoms with Crippen molar-refractivity contribution in [2.24, 2.45) is 5.92 Å². The van der Waals surface area contributed by atoms with Gasteiger partial charge in [0.1, 0.15) is 17.3 Å². The molecule has 1 aromatic carbocycles. The van der Waals surface area contributed by atoms with Crippen LogP contribution >= 0.6 is 11.3 Å². The summed E-state index contributed by atoms with van der Waals surface area (Å²) in [5.41, 5.74) is 1.29. The molecular formula is C23H19FN6O3S. The zero-order valence-corrected chi connectivity index (χ0v) is 18.8. The van der Waals surface area contributed by atoms with Gasteiger partial charge < -0.3 is 10.2 Å². The number of thiophene rings is 1. The molecule has 172 valence electrons. The SMILES string of the molecule is Cc1cc(=O)[nH]c(-n2nc(-c3cccs3)cc2NC(=O)C2CC(=O)N(c3ccc(F)cc3)C2)n1. The number of aromatic nitrogens is 4. The van der Waals surface area contributed by atoms with Gasteiger partial charge >= 0.3 is 0 Å². The van der Waals surface area contributed by atoms with Crippen molar-refractivity contribution in [3.05, 3.63) is 75.8 Å². The monoisotopic (exact) mass is 478 g/mol. The minimum atomic E-state index is -0.615. The molecule has 0 spiro atoms. The number of halogens is 1. The smallest absolute Gasteiger partial charge is 0.252 e. The Hall–Kier alpha value is -4.12. The molecule has 5 rings (SSSR count). The summed E-state index contributed by atoms with van der Waals surface area (Å²) in [7, 11) is 0. The van der Waals surface area contributed by atoms with Crippen molar-refractivity contribution in [3.63, 3.8) is 0 Å². The first-order valence-electron chi connectivity index (χ1n) is 10.5. The Labute approximate surface area is 196 Å². The van der Waals surface area contributed by atoms with E-state index in [1.165, 1.54) is 51.3 Å². The van der Waals surface area contributed by atoms with E-state index in [4.69, 9.17) is 0 Å². The second-order valence-corrected chi connectivity index (χ2v) is 8.83. The van der Waals surface area contributed by atoms with Gasteiger partial charge in [0.25, 0.3) is 5.56 Å². The van der Waals surface area contributed by atoms with Crippen LogP contribution in [0.3, 0.4) is 0 Å². The van der Waals surface area contributed by atoms with Crippen molar-refractivity contribution >= 4 is 34.7 Å². The predicted octanol–water partition coefficient (Wildman–Crippen LogP) is 3.12. The van der Waals surface area contributed by atoms with E-state index in [2.05, 4.69) is 20.4 Å². The lowest BCUT2D eigenvalue weighted by molar-refractivity contribution is -0.122.